The zero-order chi connectivity index (χ0) is 12.4. The van der Waals surface area contributed by atoms with E-state index in [0.717, 1.165) is 18.8 Å². The molecule has 1 fully saturated rings. The number of rotatable bonds is 3. The van der Waals surface area contributed by atoms with E-state index < -0.39 is 0 Å². The van der Waals surface area contributed by atoms with Gasteiger partial charge in [0.15, 0.2) is 0 Å². The third kappa shape index (κ3) is 2.31. The maximum Gasteiger partial charge on any atom is 0.121 e. The van der Waals surface area contributed by atoms with Crippen LogP contribution < -0.4 is 10.5 Å². The highest BCUT2D eigenvalue weighted by atomic mass is 16.5. The predicted octanol–water partition coefficient (Wildman–Crippen LogP) is 1.96. The number of ether oxygens (including phenoxy) is 1. The molecule has 2 atom stereocenters. The van der Waals surface area contributed by atoms with Crippen molar-refractivity contribution in [2.45, 2.75) is 19.4 Å². The largest absolute Gasteiger partial charge is 0.496 e. The first-order chi connectivity index (χ1) is 8.17. The van der Waals surface area contributed by atoms with Crippen LogP contribution in [0.2, 0.25) is 0 Å². The van der Waals surface area contributed by atoms with Crippen LogP contribution >= 0.6 is 0 Å². The average molecular weight is 234 g/mol. The highest BCUT2D eigenvalue weighted by molar-refractivity contribution is 5.38. The molecule has 17 heavy (non-hydrogen) atoms. The summed E-state index contributed by atoms with van der Waals surface area (Å²) < 4.78 is 5.30. The van der Waals surface area contributed by atoms with E-state index in [-0.39, 0.29) is 0 Å². The minimum atomic E-state index is 0.463. The molecule has 0 aliphatic carbocycles. The second kappa shape index (κ2) is 5.07. The summed E-state index contributed by atoms with van der Waals surface area (Å²) in [6.45, 7) is 3.99. The minimum Gasteiger partial charge on any atom is -0.496 e. The van der Waals surface area contributed by atoms with Crippen molar-refractivity contribution in [2.75, 3.05) is 27.2 Å². The van der Waals surface area contributed by atoms with Gasteiger partial charge in [0.1, 0.15) is 5.75 Å². The SMILES string of the molecule is COc1ccc(C2C(CN)CCN2C)cc1C. The average Bonchev–Trinajstić information content (AvgIpc) is 2.70. The van der Waals surface area contributed by atoms with Crippen molar-refractivity contribution in [3.63, 3.8) is 0 Å². The lowest BCUT2D eigenvalue weighted by Crippen LogP contribution is -2.25. The number of likely N-dealkylation sites (tertiary alicyclic amines) is 1. The zero-order valence-electron chi connectivity index (χ0n) is 10.9. The molecule has 3 heteroatoms. The van der Waals surface area contributed by atoms with Crippen LogP contribution in [0, 0.1) is 12.8 Å². The van der Waals surface area contributed by atoms with E-state index in [1.54, 1.807) is 7.11 Å². The topological polar surface area (TPSA) is 38.5 Å². The Hall–Kier alpha value is -1.06. The van der Waals surface area contributed by atoms with Crippen molar-refractivity contribution in [1.82, 2.24) is 4.90 Å². The van der Waals surface area contributed by atoms with Crippen molar-refractivity contribution in [1.29, 1.82) is 0 Å². The maximum atomic E-state index is 5.87. The lowest BCUT2D eigenvalue weighted by atomic mass is 9.93. The van der Waals surface area contributed by atoms with Crippen molar-refractivity contribution in [3.05, 3.63) is 29.3 Å². The number of nitrogens with zero attached hydrogens (tertiary/aromatic N) is 1. The van der Waals surface area contributed by atoms with Crippen LogP contribution in [0.5, 0.6) is 5.75 Å². The van der Waals surface area contributed by atoms with Gasteiger partial charge >= 0.3 is 0 Å². The van der Waals surface area contributed by atoms with E-state index in [0.29, 0.717) is 12.0 Å². The molecule has 0 aromatic heterocycles. The van der Waals surface area contributed by atoms with Crippen LogP contribution in [0.1, 0.15) is 23.6 Å². The normalized spacial score (nSPS) is 25.2. The van der Waals surface area contributed by atoms with Gasteiger partial charge in [-0.1, -0.05) is 12.1 Å². The van der Waals surface area contributed by atoms with Crippen LogP contribution in [-0.4, -0.2) is 32.1 Å². The molecule has 0 spiro atoms. The Balaban J connectivity index is 2.29. The van der Waals surface area contributed by atoms with E-state index >= 15 is 0 Å². The summed E-state index contributed by atoms with van der Waals surface area (Å²) in [5.41, 5.74) is 8.42. The highest BCUT2D eigenvalue weighted by Gasteiger charge is 2.31. The summed E-state index contributed by atoms with van der Waals surface area (Å²) in [5.74, 6) is 1.53. The molecule has 1 saturated heterocycles. The monoisotopic (exact) mass is 234 g/mol. The molecule has 1 heterocycles. The first-order valence-corrected chi connectivity index (χ1v) is 6.22. The van der Waals surface area contributed by atoms with E-state index in [1.807, 2.05) is 0 Å². The molecule has 2 unspecified atom stereocenters. The summed E-state index contributed by atoms with van der Waals surface area (Å²) >= 11 is 0. The lowest BCUT2D eigenvalue weighted by molar-refractivity contribution is 0.279. The van der Waals surface area contributed by atoms with Gasteiger partial charge in [-0.05, 0) is 56.6 Å². The molecule has 1 aromatic carbocycles. The molecule has 94 valence electrons. The second-order valence-corrected chi connectivity index (χ2v) is 4.94. The molecule has 0 radical (unpaired) electrons. The molecule has 2 rings (SSSR count). The molecular formula is C14H22N2O. The summed E-state index contributed by atoms with van der Waals surface area (Å²) in [6, 6.07) is 6.92. The van der Waals surface area contributed by atoms with Crippen LogP contribution in [0.4, 0.5) is 0 Å². The summed E-state index contributed by atoms with van der Waals surface area (Å²) in [7, 11) is 3.90. The summed E-state index contributed by atoms with van der Waals surface area (Å²) in [4.78, 5) is 2.40. The van der Waals surface area contributed by atoms with Gasteiger partial charge in [-0.25, -0.2) is 0 Å². The van der Waals surface area contributed by atoms with Gasteiger partial charge in [0.05, 0.1) is 7.11 Å². The van der Waals surface area contributed by atoms with Crippen molar-refractivity contribution in [3.8, 4) is 5.75 Å². The number of hydrogen-bond donors (Lipinski definition) is 1. The third-order valence-electron chi connectivity index (χ3n) is 3.84. The Labute approximate surface area is 104 Å². The van der Waals surface area contributed by atoms with Gasteiger partial charge in [-0.3, -0.25) is 4.90 Å². The number of nitrogens with two attached hydrogens (primary N) is 1. The predicted molar refractivity (Wildman–Crippen MR) is 70.3 cm³/mol. The van der Waals surface area contributed by atoms with Crippen molar-refractivity contribution >= 4 is 0 Å². The van der Waals surface area contributed by atoms with Gasteiger partial charge in [0, 0.05) is 6.04 Å². The Morgan fingerprint density at radius 2 is 2.24 bits per heavy atom. The van der Waals surface area contributed by atoms with E-state index in [1.165, 1.54) is 17.5 Å². The van der Waals surface area contributed by atoms with Crippen LogP contribution in [-0.2, 0) is 0 Å². The lowest BCUT2D eigenvalue weighted by Gasteiger charge is -2.25. The first kappa shape index (κ1) is 12.4. The number of methoxy groups -OCH3 is 1. The zero-order valence-corrected chi connectivity index (χ0v) is 10.9. The van der Waals surface area contributed by atoms with E-state index in [9.17, 15) is 0 Å². The van der Waals surface area contributed by atoms with Gasteiger partial charge in [0.25, 0.3) is 0 Å². The summed E-state index contributed by atoms with van der Waals surface area (Å²) in [5, 5.41) is 0. The fourth-order valence-corrected chi connectivity index (χ4v) is 2.89. The molecule has 2 N–H and O–H groups in total. The highest BCUT2D eigenvalue weighted by Crippen LogP contribution is 2.36. The van der Waals surface area contributed by atoms with Crippen LogP contribution in [0.25, 0.3) is 0 Å². The number of aryl methyl sites for hydroxylation is 1. The minimum absolute atomic E-state index is 0.463. The molecule has 3 nitrogen and oxygen atoms in total. The second-order valence-electron chi connectivity index (χ2n) is 4.94. The quantitative estimate of drug-likeness (QED) is 0.869. The van der Waals surface area contributed by atoms with Crippen molar-refractivity contribution < 1.29 is 4.74 Å². The Kier molecular flexibility index (Phi) is 3.69. The molecule has 0 amide bonds. The molecule has 1 aromatic rings. The van der Waals surface area contributed by atoms with E-state index in [2.05, 4.69) is 37.1 Å². The van der Waals surface area contributed by atoms with Crippen LogP contribution in [0.3, 0.4) is 0 Å². The number of benzene rings is 1. The molecule has 1 aliphatic rings. The standard InChI is InChI=1S/C14H22N2O/c1-10-8-11(4-5-13(10)17-3)14-12(9-15)6-7-16(14)2/h4-5,8,12,14H,6-7,9,15H2,1-3H3. The fourth-order valence-electron chi connectivity index (χ4n) is 2.89. The van der Waals surface area contributed by atoms with Gasteiger partial charge < -0.3 is 10.5 Å². The number of hydrogen-bond acceptors (Lipinski definition) is 3. The van der Waals surface area contributed by atoms with Crippen LogP contribution in [0.15, 0.2) is 18.2 Å². The Bertz CT molecular complexity index is 392. The fraction of sp³-hybridized carbons (Fsp3) is 0.571. The summed E-state index contributed by atoms with van der Waals surface area (Å²) in [6.07, 6.45) is 1.20. The Morgan fingerprint density at radius 1 is 1.47 bits per heavy atom. The molecule has 1 aliphatic heterocycles. The van der Waals surface area contributed by atoms with Crippen molar-refractivity contribution in [2.24, 2.45) is 11.7 Å². The molecular weight excluding hydrogens is 212 g/mol. The maximum absolute atomic E-state index is 5.87. The first-order valence-electron chi connectivity index (χ1n) is 6.22. The Morgan fingerprint density at radius 3 is 2.82 bits per heavy atom. The molecule has 0 saturated carbocycles. The van der Waals surface area contributed by atoms with E-state index in [4.69, 9.17) is 10.5 Å². The smallest absolute Gasteiger partial charge is 0.121 e. The van der Waals surface area contributed by atoms with Gasteiger partial charge in [0.2, 0.25) is 0 Å². The third-order valence-corrected chi connectivity index (χ3v) is 3.84. The van der Waals surface area contributed by atoms with Gasteiger partial charge in [-0.15, -0.1) is 0 Å². The van der Waals surface area contributed by atoms with Gasteiger partial charge in [-0.2, -0.15) is 0 Å². The molecule has 0 bridgehead atoms.